The lowest BCUT2D eigenvalue weighted by Gasteiger charge is -2.34. The van der Waals surface area contributed by atoms with Gasteiger partial charge in [0, 0.05) is 7.05 Å². The van der Waals surface area contributed by atoms with Crippen molar-refractivity contribution in [3.05, 3.63) is 47.7 Å². The van der Waals surface area contributed by atoms with Gasteiger partial charge in [0.25, 0.3) is 0 Å². The number of hydrogen-bond donors (Lipinski definition) is 0. The number of halogens is 2. The first-order valence-corrected chi connectivity index (χ1v) is 7.26. The number of fused-ring (bicyclic) bond motifs is 1. The minimum atomic E-state index is -0.975. The van der Waals surface area contributed by atoms with Crippen molar-refractivity contribution in [1.29, 1.82) is 0 Å². The van der Waals surface area contributed by atoms with E-state index in [0.29, 0.717) is 11.4 Å². The Hall–Kier alpha value is -1.14. The van der Waals surface area contributed by atoms with Crippen LogP contribution in [0.1, 0.15) is 22.0 Å². The highest BCUT2D eigenvalue weighted by Gasteiger charge is 2.50. The number of aromatic nitrogens is 2. The van der Waals surface area contributed by atoms with E-state index in [-0.39, 0.29) is 5.78 Å². The first-order valence-electron chi connectivity index (χ1n) is 5.68. The first kappa shape index (κ1) is 12.9. The predicted octanol–water partition coefficient (Wildman–Crippen LogP) is 3.22. The fraction of sp³-hybridized carbons (Fsp3) is 0.231. The molecule has 0 saturated carbocycles. The molecule has 1 unspecified atom stereocenters. The third kappa shape index (κ3) is 1.94. The summed E-state index contributed by atoms with van der Waals surface area (Å²) >= 11 is 6.89. The lowest BCUT2D eigenvalue weighted by Crippen LogP contribution is -2.40. The Morgan fingerprint density at radius 2 is 2.00 bits per heavy atom. The molecule has 6 heteroatoms. The summed E-state index contributed by atoms with van der Waals surface area (Å²) in [5.74, 6) is 0.407. The van der Waals surface area contributed by atoms with Crippen LogP contribution in [-0.2, 0) is 7.05 Å². The molecule has 1 aliphatic heterocycles. The van der Waals surface area contributed by atoms with Crippen molar-refractivity contribution in [3.8, 4) is 5.88 Å². The second kappa shape index (κ2) is 4.45. The number of hydrogen-bond acceptors (Lipinski definition) is 3. The Kier molecular flexibility index (Phi) is 3.02. The van der Waals surface area contributed by atoms with Crippen molar-refractivity contribution in [3.63, 3.8) is 0 Å². The van der Waals surface area contributed by atoms with Gasteiger partial charge in [0.05, 0.1) is 6.20 Å². The summed E-state index contributed by atoms with van der Waals surface area (Å²) in [6.45, 7) is 0. The van der Waals surface area contributed by atoms with Gasteiger partial charge in [-0.05, 0) is 5.56 Å². The van der Waals surface area contributed by atoms with Crippen LogP contribution in [0.5, 0.6) is 5.88 Å². The second-order valence-corrected chi connectivity index (χ2v) is 7.91. The zero-order chi connectivity index (χ0) is 13.6. The van der Waals surface area contributed by atoms with Gasteiger partial charge in [-0.3, -0.25) is 4.79 Å². The number of benzene rings is 1. The monoisotopic (exact) mass is 384 g/mol. The highest BCUT2D eigenvalue weighted by Crippen LogP contribution is 2.49. The van der Waals surface area contributed by atoms with Crippen molar-refractivity contribution < 1.29 is 9.53 Å². The Labute approximate surface area is 127 Å². The third-order valence-electron chi connectivity index (χ3n) is 3.09. The number of nitrogens with zero attached hydrogens (tertiary/aromatic N) is 2. The van der Waals surface area contributed by atoms with E-state index in [1.165, 1.54) is 6.20 Å². The van der Waals surface area contributed by atoms with Crippen LogP contribution in [0.15, 0.2) is 36.5 Å². The maximum Gasteiger partial charge on any atom is 0.223 e. The van der Waals surface area contributed by atoms with Gasteiger partial charge in [-0.15, -0.1) is 0 Å². The van der Waals surface area contributed by atoms with Gasteiger partial charge in [0.15, 0.2) is 9.34 Å². The highest BCUT2D eigenvalue weighted by molar-refractivity contribution is 9.26. The van der Waals surface area contributed by atoms with Crippen LogP contribution in [0, 0.1) is 0 Å². The van der Waals surface area contributed by atoms with Gasteiger partial charge < -0.3 is 4.74 Å². The maximum absolute atomic E-state index is 12.5. The molecule has 2 heterocycles. The van der Waals surface area contributed by atoms with Crippen molar-refractivity contribution >= 4 is 37.6 Å². The normalized spacial score (nSPS) is 20.8. The average molecular weight is 386 g/mol. The second-order valence-electron chi connectivity index (χ2n) is 4.35. The molecule has 0 amide bonds. The molecule has 19 heavy (non-hydrogen) atoms. The molecular formula is C13H10Br2N2O2. The number of alkyl halides is 2. The SMILES string of the molecule is Cn1ncc2c1OC(c1ccccc1)C(Br)(Br)C2=O. The summed E-state index contributed by atoms with van der Waals surface area (Å²) in [6, 6.07) is 9.61. The minimum absolute atomic E-state index is 0.0873. The Morgan fingerprint density at radius 1 is 1.32 bits per heavy atom. The Morgan fingerprint density at radius 3 is 2.68 bits per heavy atom. The van der Waals surface area contributed by atoms with Crippen LogP contribution >= 0.6 is 31.9 Å². The molecule has 1 aliphatic rings. The summed E-state index contributed by atoms with van der Waals surface area (Å²) in [7, 11) is 1.75. The van der Waals surface area contributed by atoms with Crippen LogP contribution in [-0.4, -0.2) is 18.8 Å². The summed E-state index contributed by atoms with van der Waals surface area (Å²) in [5, 5.41) is 4.07. The molecule has 1 atom stereocenters. The van der Waals surface area contributed by atoms with Gasteiger partial charge in [-0.1, -0.05) is 62.2 Å². The van der Waals surface area contributed by atoms with E-state index in [1.54, 1.807) is 11.7 Å². The van der Waals surface area contributed by atoms with Gasteiger partial charge in [0.1, 0.15) is 5.56 Å². The molecule has 3 rings (SSSR count). The zero-order valence-corrected chi connectivity index (χ0v) is 13.2. The largest absolute Gasteiger partial charge is 0.466 e. The minimum Gasteiger partial charge on any atom is -0.466 e. The number of ketones is 1. The van der Waals surface area contributed by atoms with E-state index in [2.05, 4.69) is 37.0 Å². The van der Waals surface area contributed by atoms with Crippen molar-refractivity contribution in [1.82, 2.24) is 9.78 Å². The Bertz CT molecular complexity index is 637. The summed E-state index contributed by atoms with van der Waals surface area (Å²) < 4.78 is 6.55. The molecule has 0 aliphatic carbocycles. The number of Topliss-reactive ketones (excluding diaryl/α,β-unsaturated/α-hetero) is 1. The van der Waals surface area contributed by atoms with Crippen molar-refractivity contribution in [2.45, 2.75) is 9.34 Å². The third-order valence-corrected chi connectivity index (χ3v) is 4.64. The van der Waals surface area contributed by atoms with Crippen molar-refractivity contribution in [2.75, 3.05) is 0 Å². The first-order chi connectivity index (χ1) is 9.01. The van der Waals surface area contributed by atoms with Crippen LogP contribution < -0.4 is 4.74 Å². The highest BCUT2D eigenvalue weighted by atomic mass is 79.9. The van der Waals surface area contributed by atoms with E-state index in [0.717, 1.165) is 5.56 Å². The Balaban J connectivity index is 2.13. The molecular weight excluding hydrogens is 376 g/mol. The standard InChI is InChI=1S/C13H10Br2N2O2/c1-17-12-9(7-16-17)10(18)13(14,15)11(19-12)8-5-3-2-4-6-8/h2-7,11H,1H3. The molecule has 1 aromatic heterocycles. The van der Waals surface area contributed by atoms with Crippen molar-refractivity contribution in [2.24, 2.45) is 7.05 Å². The van der Waals surface area contributed by atoms with E-state index in [1.807, 2.05) is 30.3 Å². The fourth-order valence-corrected chi connectivity index (χ4v) is 3.25. The predicted molar refractivity (Wildman–Crippen MR) is 77.9 cm³/mol. The smallest absolute Gasteiger partial charge is 0.223 e. The van der Waals surface area contributed by atoms with Gasteiger partial charge in [0.2, 0.25) is 11.7 Å². The van der Waals surface area contributed by atoms with Crippen LogP contribution in [0.2, 0.25) is 0 Å². The fourth-order valence-electron chi connectivity index (χ4n) is 2.11. The number of carbonyl (C=O) groups excluding carboxylic acids is 1. The molecule has 2 aromatic rings. The van der Waals surface area contributed by atoms with Gasteiger partial charge in [-0.25, -0.2) is 4.68 Å². The van der Waals surface area contributed by atoms with E-state index >= 15 is 0 Å². The van der Waals surface area contributed by atoms with E-state index in [4.69, 9.17) is 4.74 Å². The molecule has 0 bridgehead atoms. The molecule has 0 radical (unpaired) electrons. The van der Waals surface area contributed by atoms with E-state index < -0.39 is 9.34 Å². The number of carbonyl (C=O) groups is 1. The molecule has 0 N–H and O–H groups in total. The molecule has 0 saturated heterocycles. The molecule has 0 fully saturated rings. The molecule has 4 nitrogen and oxygen atoms in total. The molecule has 98 valence electrons. The lowest BCUT2D eigenvalue weighted by atomic mass is 9.99. The van der Waals surface area contributed by atoms with E-state index in [9.17, 15) is 4.79 Å². The molecule has 0 spiro atoms. The zero-order valence-electron chi connectivity index (χ0n) is 10.0. The summed E-state index contributed by atoms with van der Waals surface area (Å²) in [4.78, 5) is 12.5. The lowest BCUT2D eigenvalue weighted by molar-refractivity contribution is 0.0833. The topological polar surface area (TPSA) is 44.1 Å². The number of aryl methyl sites for hydroxylation is 1. The number of ether oxygens (including phenoxy) is 1. The van der Waals surface area contributed by atoms with Crippen LogP contribution in [0.4, 0.5) is 0 Å². The summed E-state index contributed by atoms with van der Waals surface area (Å²) in [5.41, 5.74) is 1.39. The summed E-state index contributed by atoms with van der Waals surface area (Å²) in [6.07, 6.45) is 1.07. The van der Waals surface area contributed by atoms with Crippen LogP contribution in [0.25, 0.3) is 0 Å². The van der Waals surface area contributed by atoms with Crippen LogP contribution in [0.3, 0.4) is 0 Å². The molecule has 1 aromatic carbocycles. The number of rotatable bonds is 1. The van der Waals surface area contributed by atoms with Gasteiger partial charge >= 0.3 is 0 Å². The maximum atomic E-state index is 12.5. The quantitative estimate of drug-likeness (QED) is 0.708. The van der Waals surface area contributed by atoms with Gasteiger partial charge in [-0.2, -0.15) is 5.10 Å². The average Bonchev–Trinajstić information content (AvgIpc) is 2.76.